The molecule has 0 saturated heterocycles. The molecule has 5 nitrogen and oxygen atoms in total. The highest BCUT2D eigenvalue weighted by Gasteiger charge is 2.14. The highest BCUT2D eigenvalue weighted by Crippen LogP contribution is 2.25. The van der Waals surface area contributed by atoms with Crippen LogP contribution in [0.25, 0.3) is 0 Å². The topological polar surface area (TPSA) is 58.1 Å². The maximum Gasteiger partial charge on any atom is 0.274 e. The van der Waals surface area contributed by atoms with E-state index in [2.05, 4.69) is 15.3 Å². The number of para-hydroxylation sites is 1. The molecule has 7 heteroatoms. The number of hydrogen-bond donors (Lipinski definition) is 1. The summed E-state index contributed by atoms with van der Waals surface area (Å²) < 4.78 is 0. The minimum absolute atomic E-state index is 0.260. The highest BCUT2D eigenvalue weighted by atomic mass is 35.5. The molecule has 0 saturated carbocycles. The van der Waals surface area contributed by atoms with Crippen LogP contribution in [0.15, 0.2) is 60.8 Å². The minimum atomic E-state index is -0.351. The van der Waals surface area contributed by atoms with Gasteiger partial charge in [-0.25, -0.2) is 9.97 Å². The van der Waals surface area contributed by atoms with E-state index < -0.39 is 0 Å². The van der Waals surface area contributed by atoms with Crippen molar-refractivity contribution in [3.8, 4) is 0 Å². The van der Waals surface area contributed by atoms with Crippen molar-refractivity contribution in [2.24, 2.45) is 0 Å². The molecule has 132 valence electrons. The van der Waals surface area contributed by atoms with Gasteiger partial charge < -0.3 is 10.2 Å². The molecule has 0 radical (unpaired) electrons. The van der Waals surface area contributed by atoms with Crippen molar-refractivity contribution >= 4 is 46.4 Å². The van der Waals surface area contributed by atoms with Gasteiger partial charge in [0.15, 0.2) is 0 Å². The summed E-state index contributed by atoms with van der Waals surface area (Å²) in [4.78, 5) is 23.1. The zero-order valence-corrected chi connectivity index (χ0v) is 15.5. The summed E-state index contributed by atoms with van der Waals surface area (Å²) >= 11 is 11.9. The summed E-state index contributed by atoms with van der Waals surface area (Å²) in [5, 5.41) is 3.56. The van der Waals surface area contributed by atoms with Gasteiger partial charge in [-0.1, -0.05) is 41.4 Å². The predicted molar refractivity (Wildman–Crippen MR) is 106 cm³/mol. The lowest BCUT2D eigenvalue weighted by Gasteiger charge is -2.21. The number of nitrogens with one attached hydrogen (secondary N) is 1. The minimum Gasteiger partial charge on any atom is -0.321 e. The molecule has 0 fully saturated rings. The van der Waals surface area contributed by atoms with E-state index in [9.17, 15) is 4.79 Å². The predicted octanol–water partition coefficient (Wildman–Crippen LogP) is 5.19. The normalized spacial score (nSPS) is 10.4. The van der Waals surface area contributed by atoms with E-state index in [1.165, 1.54) is 0 Å². The number of hydrogen-bond acceptors (Lipinski definition) is 4. The highest BCUT2D eigenvalue weighted by molar-refractivity contribution is 6.42. The van der Waals surface area contributed by atoms with Crippen LogP contribution in [0.4, 0.5) is 17.3 Å². The first kappa shape index (κ1) is 18.2. The number of nitrogens with zero attached hydrogens (tertiary/aromatic N) is 3. The van der Waals surface area contributed by atoms with E-state index >= 15 is 0 Å². The molecule has 1 amide bonds. The molecule has 0 spiro atoms. The Bertz CT molecular complexity index is 918. The lowest BCUT2D eigenvalue weighted by atomic mass is 10.3. The van der Waals surface area contributed by atoms with Crippen molar-refractivity contribution < 1.29 is 4.79 Å². The maximum absolute atomic E-state index is 12.5. The van der Waals surface area contributed by atoms with Crippen LogP contribution in [0, 0.1) is 0 Å². The zero-order chi connectivity index (χ0) is 18.5. The SMILES string of the molecule is CCN(c1ccccc1)c1nccc(C(=O)Nc2ccc(Cl)c(Cl)c2)n1. The number of anilines is 3. The second-order valence-electron chi connectivity index (χ2n) is 5.40. The van der Waals surface area contributed by atoms with Crippen molar-refractivity contribution in [3.05, 3.63) is 76.5 Å². The Morgan fingerprint density at radius 1 is 1.08 bits per heavy atom. The number of amides is 1. The summed E-state index contributed by atoms with van der Waals surface area (Å²) in [5.41, 5.74) is 1.76. The van der Waals surface area contributed by atoms with E-state index in [-0.39, 0.29) is 11.6 Å². The van der Waals surface area contributed by atoms with Crippen molar-refractivity contribution in [1.82, 2.24) is 9.97 Å². The Kier molecular flexibility index (Phi) is 5.71. The largest absolute Gasteiger partial charge is 0.321 e. The van der Waals surface area contributed by atoms with Crippen LogP contribution in [0.1, 0.15) is 17.4 Å². The molecule has 1 heterocycles. The Labute approximate surface area is 161 Å². The number of benzene rings is 2. The van der Waals surface area contributed by atoms with Crippen molar-refractivity contribution in [1.29, 1.82) is 0 Å². The van der Waals surface area contributed by atoms with E-state index in [0.717, 1.165) is 5.69 Å². The Morgan fingerprint density at radius 3 is 2.54 bits per heavy atom. The fraction of sp³-hybridized carbons (Fsp3) is 0.105. The zero-order valence-electron chi connectivity index (χ0n) is 14.0. The van der Waals surface area contributed by atoms with Crippen LogP contribution in [-0.4, -0.2) is 22.4 Å². The number of rotatable bonds is 5. The molecule has 26 heavy (non-hydrogen) atoms. The van der Waals surface area contributed by atoms with E-state index in [1.807, 2.05) is 42.2 Å². The van der Waals surface area contributed by atoms with Gasteiger partial charge in [0, 0.05) is 24.1 Å². The van der Waals surface area contributed by atoms with E-state index in [1.54, 1.807) is 30.5 Å². The smallest absolute Gasteiger partial charge is 0.274 e. The molecule has 0 aliphatic rings. The Balaban J connectivity index is 1.84. The number of aromatic nitrogens is 2. The van der Waals surface area contributed by atoms with Gasteiger partial charge in [-0.15, -0.1) is 0 Å². The number of carbonyl (C=O) groups excluding carboxylic acids is 1. The van der Waals surface area contributed by atoms with Gasteiger partial charge in [0.25, 0.3) is 5.91 Å². The lowest BCUT2D eigenvalue weighted by molar-refractivity contribution is 0.102. The molecule has 0 unspecified atom stereocenters. The first-order chi connectivity index (χ1) is 12.6. The fourth-order valence-electron chi connectivity index (χ4n) is 2.42. The second-order valence-corrected chi connectivity index (χ2v) is 6.22. The quantitative estimate of drug-likeness (QED) is 0.654. The van der Waals surface area contributed by atoms with Gasteiger partial charge in [-0.3, -0.25) is 4.79 Å². The molecule has 2 aromatic carbocycles. The third kappa shape index (κ3) is 4.12. The van der Waals surface area contributed by atoms with Crippen molar-refractivity contribution in [3.63, 3.8) is 0 Å². The number of halogens is 2. The van der Waals surface area contributed by atoms with Crippen LogP contribution < -0.4 is 10.2 Å². The molecule has 0 atom stereocenters. The molecule has 1 N–H and O–H groups in total. The Hall–Kier alpha value is -2.63. The first-order valence-electron chi connectivity index (χ1n) is 8.00. The van der Waals surface area contributed by atoms with Gasteiger partial charge in [0.05, 0.1) is 10.0 Å². The molecule has 0 bridgehead atoms. The third-order valence-electron chi connectivity index (χ3n) is 3.68. The lowest BCUT2D eigenvalue weighted by Crippen LogP contribution is -2.21. The van der Waals surface area contributed by atoms with E-state index in [0.29, 0.717) is 28.2 Å². The second kappa shape index (κ2) is 8.17. The molecule has 1 aromatic heterocycles. The molecule has 0 aliphatic carbocycles. The monoisotopic (exact) mass is 386 g/mol. The fourth-order valence-corrected chi connectivity index (χ4v) is 2.72. The van der Waals surface area contributed by atoms with Gasteiger partial charge in [-0.05, 0) is 43.3 Å². The molecular weight excluding hydrogens is 371 g/mol. The van der Waals surface area contributed by atoms with E-state index in [4.69, 9.17) is 23.2 Å². The summed E-state index contributed by atoms with van der Waals surface area (Å²) in [6, 6.07) is 16.2. The first-order valence-corrected chi connectivity index (χ1v) is 8.76. The maximum atomic E-state index is 12.5. The summed E-state index contributed by atoms with van der Waals surface area (Å²) in [7, 11) is 0. The van der Waals surface area contributed by atoms with Crippen LogP contribution in [0.3, 0.4) is 0 Å². The van der Waals surface area contributed by atoms with Crippen molar-refractivity contribution in [2.45, 2.75) is 6.92 Å². The van der Waals surface area contributed by atoms with Crippen LogP contribution in [0.5, 0.6) is 0 Å². The molecule has 3 rings (SSSR count). The average molecular weight is 387 g/mol. The Morgan fingerprint density at radius 2 is 1.85 bits per heavy atom. The van der Waals surface area contributed by atoms with Crippen LogP contribution >= 0.6 is 23.2 Å². The molecule has 3 aromatic rings. The third-order valence-corrected chi connectivity index (χ3v) is 4.42. The molecular formula is C19H16Cl2N4O. The average Bonchev–Trinajstić information content (AvgIpc) is 2.66. The summed E-state index contributed by atoms with van der Waals surface area (Å²) in [6.07, 6.45) is 1.57. The van der Waals surface area contributed by atoms with Gasteiger partial charge in [-0.2, -0.15) is 0 Å². The molecule has 0 aliphatic heterocycles. The number of carbonyl (C=O) groups is 1. The van der Waals surface area contributed by atoms with Gasteiger partial charge in [0.2, 0.25) is 5.95 Å². The van der Waals surface area contributed by atoms with Gasteiger partial charge in [0.1, 0.15) is 5.69 Å². The van der Waals surface area contributed by atoms with Gasteiger partial charge >= 0.3 is 0 Å². The summed E-state index contributed by atoms with van der Waals surface area (Å²) in [6.45, 7) is 2.67. The summed E-state index contributed by atoms with van der Waals surface area (Å²) in [5.74, 6) is 0.108. The van der Waals surface area contributed by atoms with Crippen LogP contribution in [0.2, 0.25) is 10.0 Å². The standard InChI is InChI=1S/C19H16Cl2N4O/c1-2-25(14-6-4-3-5-7-14)19-22-11-10-17(24-19)18(26)23-13-8-9-15(20)16(21)12-13/h3-12H,2H2,1H3,(H,23,26). The van der Waals surface area contributed by atoms with Crippen LogP contribution in [-0.2, 0) is 0 Å². The van der Waals surface area contributed by atoms with Crippen molar-refractivity contribution in [2.75, 3.05) is 16.8 Å².